The minimum atomic E-state index is 0.426. The first-order valence-electron chi connectivity index (χ1n) is 5.51. The van der Waals surface area contributed by atoms with E-state index in [2.05, 4.69) is 30.9 Å². The summed E-state index contributed by atoms with van der Waals surface area (Å²) in [5.41, 5.74) is 1.66. The van der Waals surface area contributed by atoms with Crippen molar-refractivity contribution in [1.29, 1.82) is 0 Å². The van der Waals surface area contributed by atoms with E-state index in [1.54, 1.807) is 6.26 Å². The highest BCUT2D eigenvalue weighted by Gasteiger charge is 2.31. The van der Waals surface area contributed by atoms with E-state index in [1.807, 2.05) is 12.3 Å². The van der Waals surface area contributed by atoms with Gasteiger partial charge in [-0.3, -0.25) is 0 Å². The fraction of sp³-hybridized carbons (Fsp3) is 0.667. The van der Waals surface area contributed by atoms with Crippen LogP contribution in [0.2, 0.25) is 0 Å². The van der Waals surface area contributed by atoms with Crippen LogP contribution in [0.3, 0.4) is 0 Å². The van der Waals surface area contributed by atoms with Gasteiger partial charge in [0, 0.05) is 23.9 Å². The van der Waals surface area contributed by atoms with Gasteiger partial charge in [0.15, 0.2) is 0 Å². The molecular weight excluding hydrogens is 206 g/mol. The molecule has 15 heavy (non-hydrogen) atoms. The molecule has 0 bridgehead atoms. The molecule has 1 fully saturated rings. The fourth-order valence-corrected chi connectivity index (χ4v) is 3.55. The Balaban J connectivity index is 1.88. The molecule has 1 aromatic rings. The minimum Gasteiger partial charge on any atom is -0.472 e. The summed E-state index contributed by atoms with van der Waals surface area (Å²) in [5.74, 6) is 2.53. The second-order valence-corrected chi connectivity index (χ2v) is 6.03. The Hall–Kier alpha value is -0.410. The summed E-state index contributed by atoms with van der Waals surface area (Å²) in [6.45, 7) is 5.64. The van der Waals surface area contributed by atoms with Crippen LogP contribution < -0.4 is 5.32 Å². The third-order valence-electron chi connectivity index (χ3n) is 3.25. The molecule has 0 aromatic carbocycles. The van der Waals surface area contributed by atoms with Crippen LogP contribution in [0.1, 0.15) is 25.8 Å². The Bertz CT molecular complexity index is 295. The van der Waals surface area contributed by atoms with Crippen molar-refractivity contribution in [2.24, 2.45) is 5.41 Å². The number of rotatable bonds is 3. The molecule has 2 heterocycles. The fourth-order valence-electron chi connectivity index (χ4n) is 1.91. The summed E-state index contributed by atoms with van der Waals surface area (Å²) in [6, 6.07) is 2.64. The highest BCUT2D eigenvalue weighted by atomic mass is 32.2. The Morgan fingerprint density at radius 3 is 3.13 bits per heavy atom. The molecule has 1 aliphatic heterocycles. The first kappa shape index (κ1) is 11.1. The van der Waals surface area contributed by atoms with Crippen molar-refractivity contribution in [2.45, 2.75) is 32.9 Å². The number of thioether (sulfide) groups is 1. The highest BCUT2D eigenvalue weighted by molar-refractivity contribution is 7.99. The van der Waals surface area contributed by atoms with Crippen molar-refractivity contribution in [1.82, 2.24) is 5.32 Å². The van der Waals surface area contributed by atoms with Gasteiger partial charge in [0.25, 0.3) is 0 Å². The van der Waals surface area contributed by atoms with Crippen LogP contribution >= 0.6 is 11.8 Å². The first-order valence-corrected chi connectivity index (χ1v) is 6.66. The molecule has 0 spiro atoms. The van der Waals surface area contributed by atoms with Gasteiger partial charge in [-0.1, -0.05) is 13.8 Å². The van der Waals surface area contributed by atoms with Gasteiger partial charge in [-0.15, -0.1) is 0 Å². The molecule has 0 aliphatic carbocycles. The molecule has 1 unspecified atom stereocenters. The van der Waals surface area contributed by atoms with Gasteiger partial charge in [0.05, 0.1) is 12.5 Å². The monoisotopic (exact) mass is 225 g/mol. The van der Waals surface area contributed by atoms with Crippen LogP contribution in [0.5, 0.6) is 0 Å². The summed E-state index contributed by atoms with van der Waals surface area (Å²) in [7, 11) is 0. The SMILES string of the molecule is CC1(C)CCSCC1NCc1ccoc1. The van der Waals surface area contributed by atoms with Gasteiger partial charge >= 0.3 is 0 Å². The Morgan fingerprint density at radius 1 is 1.60 bits per heavy atom. The van der Waals surface area contributed by atoms with Crippen molar-refractivity contribution in [2.75, 3.05) is 11.5 Å². The summed E-state index contributed by atoms with van der Waals surface area (Å²) in [4.78, 5) is 0. The van der Waals surface area contributed by atoms with Crippen LogP contribution in [0, 0.1) is 5.41 Å². The first-order chi connectivity index (χ1) is 7.18. The maximum absolute atomic E-state index is 5.06. The minimum absolute atomic E-state index is 0.426. The third-order valence-corrected chi connectivity index (χ3v) is 4.31. The Labute approximate surface area is 95.8 Å². The predicted octanol–water partition coefficient (Wildman–Crippen LogP) is 2.90. The zero-order valence-corrected chi connectivity index (χ0v) is 10.3. The molecule has 2 rings (SSSR count). The largest absolute Gasteiger partial charge is 0.472 e. The Kier molecular flexibility index (Phi) is 3.42. The summed E-state index contributed by atoms with van der Waals surface area (Å²) < 4.78 is 5.06. The predicted molar refractivity (Wildman–Crippen MR) is 65.1 cm³/mol. The number of nitrogens with one attached hydrogen (secondary N) is 1. The number of hydrogen-bond acceptors (Lipinski definition) is 3. The van der Waals surface area contributed by atoms with E-state index in [0.717, 1.165) is 6.54 Å². The molecule has 1 aliphatic rings. The standard InChI is InChI=1S/C12H19NOS/c1-12(2)4-6-15-9-11(12)13-7-10-3-5-14-8-10/h3,5,8,11,13H,4,6-7,9H2,1-2H3. The molecule has 1 aromatic heterocycles. The molecule has 2 nitrogen and oxygen atoms in total. The van der Waals surface area contributed by atoms with Crippen LogP contribution in [-0.2, 0) is 6.54 Å². The van der Waals surface area contributed by atoms with Crippen LogP contribution in [0.4, 0.5) is 0 Å². The molecular formula is C12H19NOS. The van der Waals surface area contributed by atoms with E-state index in [1.165, 1.54) is 23.5 Å². The van der Waals surface area contributed by atoms with Crippen molar-refractivity contribution >= 4 is 11.8 Å². The van der Waals surface area contributed by atoms with Gasteiger partial charge in [0.2, 0.25) is 0 Å². The lowest BCUT2D eigenvalue weighted by atomic mass is 9.82. The van der Waals surface area contributed by atoms with Gasteiger partial charge < -0.3 is 9.73 Å². The molecule has 1 saturated heterocycles. The molecule has 0 saturated carbocycles. The lowest BCUT2D eigenvalue weighted by Crippen LogP contribution is -2.46. The van der Waals surface area contributed by atoms with Crippen LogP contribution in [0.25, 0.3) is 0 Å². The van der Waals surface area contributed by atoms with Gasteiger partial charge in [-0.25, -0.2) is 0 Å². The van der Waals surface area contributed by atoms with E-state index in [4.69, 9.17) is 4.42 Å². The normalized spacial score (nSPS) is 25.3. The van der Waals surface area contributed by atoms with E-state index >= 15 is 0 Å². The summed E-state index contributed by atoms with van der Waals surface area (Å²) in [5, 5.41) is 3.63. The lowest BCUT2D eigenvalue weighted by molar-refractivity contribution is 0.244. The summed E-state index contributed by atoms with van der Waals surface area (Å²) >= 11 is 2.06. The zero-order valence-electron chi connectivity index (χ0n) is 9.45. The lowest BCUT2D eigenvalue weighted by Gasteiger charge is -2.38. The van der Waals surface area contributed by atoms with Crippen molar-refractivity contribution in [3.8, 4) is 0 Å². The zero-order chi connectivity index (χ0) is 10.7. The highest BCUT2D eigenvalue weighted by Crippen LogP contribution is 2.34. The van der Waals surface area contributed by atoms with Gasteiger partial charge in [-0.2, -0.15) is 11.8 Å². The second-order valence-electron chi connectivity index (χ2n) is 4.88. The Morgan fingerprint density at radius 2 is 2.47 bits per heavy atom. The van der Waals surface area contributed by atoms with Gasteiger partial charge in [-0.05, 0) is 23.7 Å². The van der Waals surface area contributed by atoms with E-state index in [9.17, 15) is 0 Å². The molecule has 1 N–H and O–H groups in total. The maximum atomic E-state index is 5.06. The van der Waals surface area contributed by atoms with Crippen LogP contribution in [0.15, 0.2) is 23.0 Å². The third kappa shape index (κ3) is 2.79. The molecule has 1 atom stereocenters. The molecule has 84 valence electrons. The topological polar surface area (TPSA) is 25.2 Å². The van der Waals surface area contributed by atoms with Crippen LogP contribution in [-0.4, -0.2) is 17.5 Å². The van der Waals surface area contributed by atoms with E-state index in [-0.39, 0.29) is 0 Å². The van der Waals surface area contributed by atoms with E-state index in [0.29, 0.717) is 11.5 Å². The van der Waals surface area contributed by atoms with Crippen molar-refractivity contribution in [3.05, 3.63) is 24.2 Å². The molecule has 0 radical (unpaired) electrons. The molecule has 0 amide bonds. The quantitative estimate of drug-likeness (QED) is 0.856. The second kappa shape index (κ2) is 4.62. The van der Waals surface area contributed by atoms with Crippen molar-refractivity contribution in [3.63, 3.8) is 0 Å². The van der Waals surface area contributed by atoms with Crippen molar-refractivity contribution < 1.29 is 4.42 Å². The average molecular weight is 225 g/mol. The maximum Gasteiger partial charge on any atom is 0.0947 e. The van der Waals surface area contributed by atoms with Gasteiger partial charge in [0.1, 0.15) is 0 Å². The molecule has 3 heteroatoms. The summed E-state index contributed by atoms with van der Waals surface area (Å²) in [6.07, 6.45) is 4.86. The number of hydrogen-bond donors (Lipinski definition) is 1. The van der Waals surface area contributed by atoms with E-state index < -0.39 is 0 Å². The number of furan rings is 1. The average Bonchev–Trinajstić information content (AvgIpc) is 2.68. The smallest absolute Gasteiger partial charge is 0.0947 e.